The lowest BCUT2D eigenvalue weighted by Crippen LogP contribution is -2.41. The van der Waals surface area contributed by atoms with Gasteiger partial charge in [0, 0.05) is 12.5 Å². The first-order valence-corrected chi connectivity index (χ1v) is 7.41. The number of nitrogens with zero attached hydrogens (tertiary/aromatic N) is 1. The third kappa shape index (κ3) is 2.78. The van der Waals surface area contributed by atoms with Crippen molar-refractivity contribution in [3.8, 4) is 0 Å². The third-order valence-corrected chi connectivity index (χ3v) is 4.73. The van der Waals surface area contributed by atoms with E-state index in [0.29, 0.717) is 18.9 Å². The minimum absolute atomic E-state index is 0.0802. The van der Waals surface area contributed by atoms with Crippen LogP contribution in [0.3, 0.4) is 0 Å². The van der Waals surface area contributed by atoms with Gasteiger partial charge in [-0.15, -0.1) is 0 Å². The minimum Gasteiger partial charge on any atom is -0.444 e. The second kappa shape index (κ2) is 4.86. The summed E-state index contributed by atoms with van der Waals surface area (Å²) in [5, 5.41) is 0. The Morgan fingerprint density at radius 3 is 2.50 bits per heavy atom. The molecule has 0 bridgehead atoms. The van der Waals surface area contributed by atoms with Gasteiger partial charge in [0.1, 0.15) is 11.8 Å². The predicted octanol–water partition coefficient (Wildman–Crippen LogP) is 2.56. The van der Waals surface area contributed by atoms with Crippen LogP contribution in [-0.4, -0.2) is 41.9 Å². The molecular formula is C15H27FN2O2. The molecule has 0 aromatic heterocycles. The van der Waals surface area contributed by atoms with Crippen molar-refractivity contribution in [1.82, 2.24) is 4.90 Å². The highest BCUT2D eigenvalue weighted by molar-refractivity contribution is 5.69. The fraction of sp³-hybridized carbons (Fsp3) is 0.933. The van der Waals surface area contributed by atoms with Crippen LogP contribution in [0.1, 0.15) is 41.0 Å². The molecule has 1 aliphatic heterocycles. The molecule has 0 aromatic rings. The van der Waals surface area contributed by atoms with Gasteiger partial charge in [-0.2, -0.15) is 0 Å². The molecule has 0 aromatic carbocycles. The average molecular weight is 286 g/mol. The number of alkyl halides is 1. The number of ether oxygens (including phenoxy) is 1. The molecule has 0 spiro atoms. The monoisotopic (exact) mass is 286 g/mol. The fourth-order valence-electron chi connectivity index (χ4n) is 3.68. The number of hydrogen-bond donors (Lipinski definition) is 1. The van der Waals surface area contributed by atoms with Crippen molar-refractivity contribution in [2.45, 2.75) is 58.9 Å². The number of hydrogen-bond acceptors (Lipinski definition) is 3. The Morgan fingerprint density at radius 2 is 2.05 bits per heavy atom. The van der Waals surface area contributed by atoms with Gasteiger partial charge in [-0.25, -0.2) is 9.18 Å². The number of amides is 1. The van der Waals surface area contributed by atoms with Gasteiger partial charge >= 0.3 is 6.09 Å². The van der Waals surface area contributed by atoms with Gasteiger partial charge in [0.25, 0.3) is 0 Å². The summed E-state index contributed by atoms with van der Waals surface area (Å²) in [5.74, 6) is 0.642. The van der Waals surface area contributed by atoms with Crippen molar-refractivity contribution in [3.05, 3.63) is 0 Å². The van der Waals surface area contributed by atoms with E-state index >= 15 is 0 Å². The Kier molecular flexibility index (Phi) is 3.78. The van der Waals surface area contributed by atoms with Crippen molar-refractivity contribution >= 4 is 6.09 Å². The molecule has 1 aliphatic carbocycles. The van der Waals surface area contributed by atoms with Crippen LogP contribution in [0.5, 0.6) is 0 Å². The van der Waals surface area contributed by atoms with Gasteiger partial charge in [0.2, 0.25) is 0 Å². The summed E-state index contributed by atoms with van der Waals surface area (Å²) in [6.45, 7) is 10.5. The Bertz CT molecular complexity index is 392. The molecule has 1 heterocycles. The predicted molar refractivity (Wildman–Crippen MR) is 76.1 cm³/mol. The van der Waals surface area contributed by atoms with E-state index in [2.05, 4.69) is 13.8 Å². The summed E-state index contributed by atoms with van der Waals surface area (Å²) < 4.78 is 19.2. The zero-order valence-electron chi connectivity index (χ0n) is 13.1. The first kappa shape index (κ1) is 15.5. The molecule has 20 heavy (non-hydrogen) atoms. The lowest BCUT2D eigenvalue weighted by molar-refractivity contribution is 0.0192. The van der Waals surface area contributed by atoms with Gasteiger partial charge in [-0.3, -0.25) is 0 Å². The van der Waals surface area contributed by atoms with Crippen LogP contribution >= 0.6 is 0 Å². The molecule has 2 fully saturated rings. The summed E-state index contributed by atoms with van der Waals surface area (Å²) in [5.41, 5.74) is 5.33. The van der Waals surface area contributed by atoms with Gasteiger partial charge in [0.05, 0.1) is 6.54 Å². The lowest BCUT2D eigenvalue weighted by atomic mass is 10.0. The van der Waals surface area contributed by atoms with Gasteiger partial charge in [-0.1, -0.05) is 13.8 Å². The van der Waals surface area contributed by atoms with Crippen molar-refractivity contribution in [2.24, 2.45) is 23.0 Å². The molecule has 2 aliphatic rings. The molecule has 116 valence electrons. The van der Waals surface area contributed by atoms with E-state index in [1.54, 1.807) is 4.90 Å². The smallest absolute Gasteiger partial charge is 0.410 e. The van der Waals surface area contributed by atoms with Gasteiger partial charge in [-0.05, 0) is 44.6 Å². The Morgan fingerprint density at radius 1 is 1.45 bits per heavy atom. The van der Waals surface area contributed by atoms with Crippen molar-refractivity contribution in [1.29, 1.82) is 0 Å². The van der Waals surface area contributed by atoms with Crippen molar-refractivity contribution < 1.29 is 13.9 Å². The maximum absolute atomic E-state index is 13.8. The maximum Gasteiger partial charge on any atom is 0.410 e. The van der Waals surface area contributed by atoms with Crippen LogP contribution in [-0.2, 0) is 4.74 Å². The highest BCUT2D eigenvalue weighted by atomic mass is 19.1. The van der Waals surface area contributed by atoms with Crippen LogP contribution in [0, 0.1) is 17.3 Å². The first-order valence-electron chi connectivity index (χ1n) is 7.41. The number of carbonyl (C=O) groups excluding carboxylic acids is 1. The van der Waals surface area contributed by atoms with Crippen molar-refractivity contribution in [2.75, 3.05) is 13.1 Å². The van der Waals surface area contributed by atoms with Crippen molar-refractivity contribution in [3.63, 3.8) is 0 Å². The molecular weight excluding hydrogens is 259 g/mol. The molecule has 2 rings (SSSR count). The van der Waals surface area contributed by atoms with Crippen LogP contribution in [0.25, 0.3) is 0 Å². The second-order valence-electron chi connectivity index (χ2n) is 7.72. The Hall–Kier alpha value is -0.840. The number of carbonyl (C=O) groups is 1. The maximum atomic E-state index is 13.8. The number of nitrogens with two attached hydrogens (primary N) is 1. The Labute approximate surface area is 120 Å². The quantitative estimate of drug-likeness (QED) is 0.849. The lowest BCUT2D eigenvalue weighted by Gasteiger charge is -2.29. The highest BCUT2D eigenvalue weighted by Crippen LogP contribution is 2.61. The molecule has 4 atom stereocenters. The average Bonchev–Trinajstić information content (AvgIpc) is 2.62. The third-order valence-electron chi connectivity index (χ3n) is 4.73. The van der Waals surface area contributed by atoms with Crippen LogP contribution in [0.2, 0.25) is 0 Å². The number of likely N-dealkylation sites (tertiary alicyclic amines) is 1. The largest absolute Gasteiger partial charge is 0.444 e. The van der Waals surface area contributed by atoms with Crippen LogP contribution < -0.4 is 5.73 Å². The number of rotatable bonds is 2. The summed E-state index contributed by atoms with van der Waals surface area (Å²) >= 11 is 0. The second-order valence-corrected chi connectivity index (χ2v) is 7.72. The van der Waals surface area contributed by atoms with E-state index in [4.69, 9.17) is 10.5 Å². The molecule has 4 nitrogen and oxygen atoms in total. The minimum atomic E-state index is -0.956. The molecule has 1 saturated carbocycles. The topological polar surface area (TPSA) is 55.6 Å². The SMILES string of the molecule is CC(C)(C)OC(=O)N1C[C@H](F)CC1[C@@H]1[C@@H](CN)C1(C)C. The fourth-order valence-corrected chi connectivity index (χ4v) is 3.68. The van der Waals surface area contributed by atoms with E-state index in [1.807, 2.05) is 20.8 Å². The summed E-state index contributed by atoms with van der Waals surface area (Å²) in [6, 6.07) is -0.0802. The van der Waals surface area contributed by atoms with Gasteiger partial charge in [0.15, 0.2) is 0 Å². The van der Waals surface area contributed by atoms with Crippen LogP contribution in [0.15, 0.2) is 0 Å². The Balaban J connectivity index is 2.10. The zero-order valence-corrected chi connectivity index (χ0v) is 13.1. The summed E-state index contributed by atoms with van der Waals surface area (Å²) in [4.78, 5) is 13.8. The summed E-state index contributed by atoms with van der Waals surface area (Å²) in [6.07, 6.45) is -0.951. The molecule has 1 unspecified atom stereocenters. The van der Waals surface area contributed by atoms with E-state index in [0.717, 1.165) is 0 Å². The van der Waals surface area contributed by atoms with E-state index in [-0.39, 0.29) is 23.9 Å². The van der Waals surface area contributed by atoms with E-state index < -0.39 is 17.9 Å². The highest BCUT2D eigenvalue weighted by Gasteiger charge is 2.63. The standard InChI is InChI=1S/C15H27FN2O2/c1-14(2,3)20-13(19)18-8-9(16)6-11(18)12-10(7-17)15(12,4)5/h9-12H,6-8,17H2,1-5H3/t9-,10-,11?,12+/m1/s1. The zero-order chi connectivity index (χ0) is 15.3. The molecule has 0 radical (unpaired) electrons. The molecule has 2 N–H and O–H groups in total. The number of halogens is 1. The van der Waals surface area contributed by atoms with E-state index in [9.17, 15) is 9.18 Å². The van der Waals surface area contributed by atoms with Crippen LogP contribution in [0.4, 0.5) is 9.18 Å². The summed E-state index contributed by atoms with van der Waals surface area (Å²) in [7, 11) is 0. The van der Waals surface area contributed by atoms with Gasteiger partial charge < -0.3 is 15.4 Å². The first-order chi connectivity index (χ1) is 9.08. The molecule has 1 amide bonds. The molecule has 5 heteroatoms. The van der Waals surface area contributed by atoms with E-state index in [1.165, 1.54) is 0 Å². The molecule has 1 saturated heterocycles. The normalized spacial score (nSPS) is 36.0.